The minimum absolute atomic E-state index is 0.0319. The van der Waals surface area contributed by atoms with Crippen molar-refractivity contribution >= 4 is 34.7 Å². The molecule has 28 heavy (non-hydrogen) atoms. The second-order valence-corrected chi connectivity index (χ2v) is 6.14. The number of nitrogens with zero attached hydrogens (tertiary/aromatic N) is 2. The van der Waals surface area contributed by atoms with Crippen molar-refractivity contribution in [2.75, 3.05) is 10.6 Å². The first-order chi connectivity index (χ1) is 13.4. The number of aromatic nitrogens is 2. The summed E-state index contributed by atoms with van der Waals surface area (Å²) < 4.78 is 0. The van der Waals surface area contributed by atoms with Gasteiger partial charge in [0.1, 0.15) is 11.5 Å². The van der Waals surface area contributed by atoms with Gasteiger partial charge in [0.2, 0.25) is 0 Å². The SMILES string of the molecule is CC(=O)c1cccc(NC(=O)c2cnc(Nc3cccc(C(C)=O)c3)cn2)c1. The molecule has 2 aromatic carbocycles. The molecule has 0 atom stereocenters. The molecule has 0 bridgehead atoms. The molecule has 3 rings (SSSR count). The lowest BCUT2D eigenvalue weighted by Gasteiger charge is -2.08. The van der Waals surface area contributed by atoms with Crippen LogP contribution < -0.4 is 10.6 Å². The molecule has 0 fully saturated rings. The Hall–Kier alpha value is -3.87. The third kappa shape index (κ3) is 4.64. The highest BCUT2D eigenvalue weighted by Gasteiger charge is 2.10. The average molecular weight is 374 g/mol. The third-order valence-corrected chi connectivity index (χ3v) is 3.95. The molecule has 7 heteroatoms. The monoisotopic (exact) mass is 374 g/mol. The fourth-order valence-corrected chi connectivity index (χ4v) is 2.48. The summed E-state index contributed by atoms with van der Waals surface area (Å²) in [6, 6.07) is 13.7. The molecule has 0 aliphatic rings. The van der Waals surface area contributed by atoms with Gasteiger partial charge in [-0.2, -0.15) is 0 Å². The van der Waals surface area contributed by atoms with E-state index in [1.165, 1.54) is 26.2 Å². The van der Waals surface area contributed by atoms with Crippen LogP contribution in [0.25, 0.3) is 0 Å². The van der Waals surface area contributed by atoms with Crippen molar-refractivity contribution in [2.24, 2.45) is 0 Å². The van der Waals surface area contributed by atoms with Crippen LogP contribution in [-0.4, -0.2) is 27.4 Å². The Labute approximate surface area is 161 Å². The van der Waals surface area contributed by atoms with Crippen molar-refractivity contribution in [3.63, 3.8) is 0 Å². The van der Waals surface area contributed by atoms with Crippen molar-refractivity contribution in [1.29, 1.82) is 0 Å². The van der Waals surface area contributed by atoms with Gasteiger partial charge >= 0.3 is 0 Å². The normalized spacial score (nSPS) is 10.2. The molecule has 1 amide bonds. The van der Waals surface area contributed by atoms with E-state index in [2.05, 4.69) is 20.6 Å². The number of carbonyl (C=O) groups is 3. The van der Waals surface area contributed by atoms with E-state index in [9.17, 15) is 14.4 Å². The summed E-state index contributed by atoms with van der Waals surface area (Å²) in [4.78, 5) is 43.5. The second kappa shape index (κ2) is 8.22. The molecule has 0 saturated heterocycles. The third-order valence-electron chi connectivity index (χ3n) is 3.95. The number of carbonyl (C=O) groups excluding carboxylic acids is 3. The standard InChI is InChI=1S/C21H18N4O3/c1-13(26)15-5-3-7-17(9-15)24-20-12-22-19(11-23-20)21(28)25-18-8-4-6-16(10-18)14(2)27/h3-12H,1-2H3,(H,23,24)(H,25,28). The number of anilines is 3. The number of nitrogens with one attached hydrogen (secondary N) is 2. The van der Waals surface area contributed by atoms with Crippen LogP contribution in [0.15, 0.2) is 60.9 Å². The van der Waals surface area contributed by atoms with E-state index in [-0.39, 0.29) is 17.3 Å². The number of ketones is 2. The molecule has 0 saturated carbocycles. The molecule has 7 nitrogen and oxygen atoms in total. The fourth-order valence-electron chi connectivity index (χ4n) is 2.48. The van der Waals surface area contributed by atoms with Crippen LogP contribution in [0.1, 0.15) is 45.1 Å². The lowest BCUT2D eigenvalue weighted by Crippen LogP contribution is -2.14. The molecule has 3 aromatic rings. The number of Topliss-reactive ketones (excluding diaryl/α,β-unsaturated/α-hetero) is 2. The van der Waals surface area contributed by atoms with Crippen LogP contribution in [0.5, 0.6) is 0 Å². The Morgan fingerprint density at radius 2 is 1.39 bits per heavy atom. The summed E-state index contributed by atoms with van der Waals surface area (Å²) in [5.41, 5.74) is 2.43. The Balaban J connectivity index is 1.69. The van der Waals surface area contributed by atoms with Gasteiger partial charge in [-0.05, 0) is 38.1 Å². The highest BCUT2D eigenvalue weighted by molar-refractivity contribution is 6.03. The van der Waals surface area contributed by atoms with Crippen molar-refractivity contribution < 1.29 is 14.4 Å². The van der Waals surface area contributed by atoms with Gasteiger partial charge in [0.05, 0.1) is 12.4 Å². The second-order valence-electron chi connectivity index (χ2n) is 6.14. The molecular weight excluding hydrogens is 356 g/mol. The van der Waals surface area contributed by atoms with Crippen LogP contribution in [0, 0.1) is 0 Å². The lowest BCUT2D eigenvalue weighted by atomic mass is 10.1. The van der Waals surface area contributed by atoms with Gasteiger partial charge in [-0.3, -0.25) is 14.4 Å². The number of hydrogen-bond acceptors (Lipinski definition) is 6. The summed E-state index contributed by atoms with van der Waals surface area (Å²) in [5, 5.41) is 5.73. The predicted octanol–water partition coefficient (Wildman–Crippen LogP) is 3.88. The summed E-state index contributed by atoms with van der Waals surface area (Å²) in [6.07, 6.45) is 2.78. The van der Waals surface area contributed by atoms with Crippen LogP contribution in [0.4, 0.5) is 17.2 Å². The molecular formula is C21H18N4O3. The molecule has 1 aromatic heterocycles. The van der Waals surface area contributed by atoms with Crippen LogP contribution in [0.2, 0.25) is 0 Å². The number of hydrogen-bond donors (Lipinski definition) is 2. The summed E-state index contributed by atoms with van der Waals surface area (Å²) in [5.74, 6) is -0.107. The van der Waals surface area contributed by atoms with Crippen molar-refractivity contribution in [3.8, 4) is 0 Å². The van der Waals surface area contributed by atoms with Crippen LogP contribution in [-0.2, 0) is 0 Å². The predicted molar refractivity (Wildman–Crippen MR) is 106 cm³/mol. The van der Waals surface area contributed by atoms with Gasteiger partial charge in [-0.15, -0.1) is 0 Å². The number of benzene rings is 2. The first-order valence-corrected chi connectivity index (χ1v) is 8.55. The van der Waals surface area contributed by atoms with E-state index < -0.39 is 5.91 Å². The maximum Gasteiger partial charge on any atom is 0.275 e. The summed E-state index contributed by atoms with van der Waals surface area (Å²) in [7, 11) is 0. The zero-order valence-electron chi connectivity index (χ0n) is 15.4. The van der Waals surface area contributed by atoms with E-state index >= 15 is 0 Å². The van der Waals surface area contributed by atoms with Crippen molar-refractivity contribution in [1.82, 2.24) is 9.97 Å². The first-order valence-electron chi connectivity index (χ1n) is 8.55. The van der Waals surface area contributed by atoms with E-state index in [0.29, 0.717) is 28.3 Å². The minimum atomic E-state index is -0.432. The van der Waals surface area contributed by atoms with E-state index in [1.54, 1.807) is 48.5 Å². The molecule has 1 heterocycles. The van der Waals surface area contributed by atoms with Gasteiger partial charge in [0, 0.05) is 22.5 Å². The van der Waals surface area contributed by atoms with Gasteiger partial charge in [-0.1, -0.05) is 24.3 Å². The van der Waals surface area contributed by atoms with Gasteiger partial charge in [0.25, 0.3) is 5.91 Å². The number of rotatable bonds is 6. The topological polar surface area (TPSA) is 101 Å². The van der Waals surface area contributed by atoms with E-state index in [4.69, 9.17) is 0 Å². The summed E-state index contributed by atoms with van der Waals surface area (Å²) >= 11 is 0. The van der Waals surface area contributed by atoms with Crippen molar-refractivity contribution in [2.45, 2.75) is 13.8 Å². The van der Waals surface area contributed by atoms with Gasteiger partial charge in [0.15, 0.2) is 11.6 Å². The Kier molecular flexibility index (Phi) is 5.55. The van der Waals surface area contributed by atoms with Gasteiger partial charge < -0.3 is 10.6 Å². The molecule has 0 spiro atoms. The highest BCUT2D eigenvalue weighted by Crippen LogP contribution is 2.16. The highest BCUT2D eigenvalue weighted by atomic mass is 16.2. The van der Waals surface area contributed by atoms with Crippen LogP contribution >= 0.6 is 0 Å². The zero-order valence-corrected chi connectivity index (χ0v) is 15.4. The zero-order chi connectivity index (χ0) is 20.1. The number of amides is 1. The Morgan fingerprint density at radius 1 is 0.786 bits per heavy atom. The maximum atomic E-state index is 12.3. The Morgan fingerprint density at radius 3 is 1.96 bits per heavy atom. The Bertz CT molecular complexity index is 1050. The molecule has 0 radical (unpaired) electrons. The lowest BCUT2D eigenvalue weighted by molar-refractivity contribution is 0.100. The molecule has 0 unspecified atom stereocenters. The van der Waals surface area contributed by atoms with E-state index in [1.807, 2.05) is 0 Å². The maximum absolute atomic E-state index is 12.3. The first kappa shape index (κ1) is 18.9. The molecule has 140 valence electrons. The van der Waals surface area contributed by atoms with Gasteiger partial charge in [-0.25, -0.2) is 9.97 Å². The summed E-state index contributed by atoms with van der Waals surface area (Å²) in [6.45, 7) is 2.96. The molecule has 2 N–H and O–H groups in total. The van der Waals surface area contributed by atoms with E-state index in [0.717, 1.165) is 0 Å². The van der Waals surface area contributed by atoms with Crippen LogP contribution in [0.3, 0.4) is 0 Å². The molecule has 0 aliphatic heterocycles. The quantitative estimate of drug-likeness (QED) is 0.635. The molecule has 0 aliphatic carbocycles. The largest absolute Gasteiger partial charge is 0.339 e. The smallest absolute Gasteiger partial charge is 0.275 e. The average Bonchev–Trinajstić information content (AvgIpc) is 2.69. The fraction of sp³-hybridized carbons (Fsp3) is 0.0952. The van der Waals surface area contributed by atoms with Crippen molar-refractivity contribution in [3.05, 3.63) is 77.7 Å². The minimum Gasteiger partial charge on any atom is -0.339 e.